The average molecular weight is 224 g/mol. The molecule has 1 aromatic heterocycles. The van der Waals surface area contributed by atoms with E-state index < -0.39 is 0 Å². The van der Waals surface area contributed by atoms with Crippen LogP contribution in [0.15, 0.2) is 21.6 Å². The molecule has 0 atom stereocenters. The highest BCUT2D eigenvalue weighted by Gasteiger charge is 2.00. The van der Waals surface area contributed by atoms with E-state index in [1.165, 1.54) is 12.1 Å². The molecule has 0 amide bonds. The largest absolute Gasteiger partial charge is 0.242 e. The number of nitrogens with zero attached hydrogens (tertiary/aromatic N) is 3. The summed E-state index contributed by atoms with van der Waals surface area (Å²) in [5.74, 6) is 0.185. The fourth-order valence-corrected chi connectivity index (χ4v) is 0.929. The monoisotopic (exact) mass is 223 g/mol. The Hall–Kier alpha value is -1.50. The molecule has 0 aliphatic heterocycles. The van der Waals surface area contributed by atoms with Gasteiger partial charge in [0.25, 0.3) is 0 Å². The van der Waals surface area contributed by atoms with Gasteiger partial charge in [-0.1, -0.05) is 0 Å². The molecule has 0 N–H and O–H groups in total. The molecule has 0 saturated carbocycles. The van der Waals surface area contributed by atoms with Crippen molar-refractivity contribution >= 4 is 27.8 Å². The van der Waals surface area contributed by atoms with E-state index in [2.05, 4.69) is 25.9 Å². The maximum absolute atomic E-state index is 9.83. The molecule has 0 aliphatic carbocycles. The van der Waals surface area contributed by atoms with Crippen LogP contribution in [-0.2, 0) is 4.79 Å². The summed E-state index contributed by atoms with van der Waals surface area (Å²) in [6.07, 6.45) is 1.34. The lowest BCUT2D eigenvalue weighted by molar-refractivity contribution is 0.565. The zero-order valence-corrected chi connectivity index (χ0v) is 7.37. The Labute approximate surface area is 76.7 Å². The molecule has 1 aromatic rings. The van der Waals surface area contributed by atoms with Gasteiger partial charge in [0, 0.05) is 0 Å². The minimum atomic E-state index is 0.185. The molecular formula is C7H2BrN3O. The lowest BCUT2D eigenvalue weighted by Crippen LogP contribution is -1.83. The van der Waals surface area contributed by atoms with E-state index in [0.717, 1.165) is 0 Å². The van der Waals surface area contributed by atoms with Crippen LogP contribution in [0.2, 0.25) is 0 Å². The summed E-state index contributed by atoms with van der Waals surface area (Å²) >= 11 is 3.12. The maximum atomic E-state index is 9.83. The van der Waals surface area contributed by atoms with Crippen LogP contribution in [0.3, 0.4) is 0 Å². The van der Waals surface area contributed by atoms with Crippen molar-refractivity contribution in [3.8, 4) is 6.07 Å². The first-order valence-corrected chi connectivity index (χ1v) is 3.71. The van der Waals surface area contributed by atoms with Crippen LogP contribution in [0, 0.1) is 11.3 Å². The topological polar surface area (TPSA) is 66.1 Å². The summed E-state index contributed by atoms with van der Waals surface area (Å²) in [7, 11) is 0. The number of hydrogen-bond acceptors (Lipinski definition) is 4. The van der Waals surface area contributed by atoms with Crippen molar-refractivity contribution in [2.24, 2.45) is 4.99 Å². The minimum absolute atomic E-state index is 0.185. The number of aromatic nitrogens is 1. The second-order valence-corrected chi connectivity index (χ2v) is 2.67. The second-order valence-electron chi connectivity index (χ2n) is 1.81. The highest BCUT2D eigenvalue weighted by molar-refractivity contribution is 9.10. The van der Waals surface area contributed by atoms with E-state index in [9.17, 15) is 4.79 Å². The van der Waals surface area contributed by atoms with Gasteiger partial charge in [-0.25, -0.2) is 9.78 Å². The summed E-state index contributed by atoms with van der Waals surface area (Å²) in [5.41, 5.74) is 0.200. The summed E-state index contributed by atoms with van der Waals surface area (Å²) in [4.78, 5) is 16.8. The van der Waals surface area contributed by atoms with Crippen LogP contribution in [0.1, 0.15) is 5.69 Å². The van der Waals surface area contributed by atoms with Gasteiger partial charge < -0.3 is 0 Å². The molecular weight excluding hydrogens is 222 g/mol. The number of hydrogen-bond donors (Lipinski definition) is 0. The Kier molecular flexibility index (Phi) is 2.70. The minimum Gasteiger partial charge on any atom is -0.216 e. The highest BCUT2D eigenvalue weighted by Crippen LogP contribution is 2.17. The van der Waals surface area contributed by atoms with Crippen molar-refractivity contribution in [1.82, 2.24) is 4.98 Å². The first kappa shape index (κ1) is 8.60. The van der Waals surface area contributed by atoms with Crippen LogP contribution in [0.25, 0.3) is 0 Å². The van der Waals surface area contributed by atoms with Crippen molar-refractivity contribution in [3.05, 3.63) is 22.3 Å². The van der Waals surface area contributed by atoms with Crippen molar-refractivity contribution < 1.29 is 4.79 Å². The Morgan fingerprint density at radius 1 is 1.58 bits per heavy atom. The van der Waals surface area contributed by atoms with Crippen molar-refractivity contribution in [2.45, 2.75) is 0 Å². The van der Waals surface area contributed by atoms with E-state index in [0.29, 0.717) is 4.47 Å². The number of rotatable bonds is 1. The third-order valence-electron chi connectivity index (χ3n) is 1.10. The zero-order chi connectivity index (χ0) is 8.97. The zero-order valence-electron chi connectivity index (χ0n) is 5.78. The van der Waals surface area contributed by atoms with Crippen LogP contribution in [0.5, 0.6) is 0 Å². The molecule has 0 saturated heterocycles. The molecule has 0 aromatic carbocycles. The van der Waals surface area contributed by atoms with Crippen LogP contribution in [0.4, 0.5) is 5.82 Å². The fraction of sp³-hybridized carbons (Fsp3) is 0. The predicted molar refractivity (Wildman–Crippen MR) is 44.4 cm³/mol. The number of pyridine rings is 1. The van der Waals surface area contributed by atoms with Gasteiger partial charge in [-0.05, 0) is 28.1 Å². The van der Waals surface area contributed by atoms with Crippen LogP contribution < -0.4 is 0 Å². The van der Waals surface area contributed by atoms with Gasteiger partial charge in [-0.3, -0.25) is 0 Å². The molecule has 12 heavy (non-hydrogen) atoms. The van der Waals surface area contributed by atoms with Gasteiger partial charge in [-0.2, -0.15) is 5.26 Å². The summed E-state index contributed by atoms with van der Waals surface area (Å²) in [6, 6.07) is 4.95. The number of halogens is 1. The molecule has 0 radical (unpaired) electrons. The van der Waals surface area contributed by atoms with E-state index in [4.69, 9.17) is 5.26 Å². The van der Waals surface area contributed by atoms with Gasteiger partial charge in [0.05, 0.1) is 4.47 Å². The lowest BCUT2D eigenvalue weighted by Gasteiger charge is -1.93. The van der Waals surface area contributed by atoms with E-state index in [-0.39, 0.29) is 11.5 Å². The van der Waals surface area contributed by atoms with Crippen molar-refractivity contribution in [3.63, 3.8) is 0 Å². The third-order valence-corrected chi connectivity index (χ3v) is 1.74. The molecule has 0 fully saturated rings. The molecule has 58 valence electrons. The molecule has 1 rings (SSSR count). The number of nitriles is 1. The quantitative estimate of drug-likeness (QED) is 0.538. The van der Waals surface area contributed by atoms with Gasteiger partial charge >= 0.3 is 0 Å². The van der Waals surface area contributed by atoms with E-state index >= 15 is 0 Å². The van der Waals surface area contributed by atoms with E-state index in [1.807, 2.05) is 6.07 Å². The normalized spacial score (nSPS) is 8.33. The molecule has 0 aliphatic rings. The van der Waals surface area contributed by atoms with Gasteiger partial charge in [0.1, 0.15) is 6.07 Å². The Morgan fingerprint density at radius 2 is 2.33 bits per heavy atom. The summed E-state index contributed by atoms with van der Waals surface area (Å²) in [6.45, 7) is 0. The van der Waals surface area contributed by atoms with E-state index in [1.54, 1.807) is 6.07 Å². The predicted octanol–water partition coefficient (Wildman–Crippen LogP) is 1.68. The first-order chi connectivity index (χ1) is 5.77. The maximum Gasteiger partial charge on any atom is 0.242 e. The van der Waals surface area contributed by atoms with Crippen LogP contribution >= 0.6 is 15.9 Å². The molecule has 0 unspecified atom stereocenters. The smallest absolute Gasteiger partial charge is 0.216 e. The Balaban J connectivity index is 3.24. The second kappa shape index (κ2) is 3.77. The summed E-state index contributed by atoms with van der Waals surface area (Å²) in [5, 5.41) is 8.53. The molecule has 4 nitrogen and oxygen atoms in total. The number of aliphatic imine (C=N–C) groups is 1. The number of carbonyl (C=O) groups excluding carboxylic acids is 1. The summed E-state index contributed by atoms with van der Waals surface area (Å²) < 4.78 is 0.579. The standard InChI is InChI=1S/C7H2BrN3O/c8-5-1-2-7(10-4-12)11-6(5)3-9/h1-2H. The van der Waals surface area contributed by atoms with Crippen LogP contribution in [-0.4, -0.2) is 11.1 Å². The molecule has 0 bridgehead atoms. The Bertz CT molecular complexity index is 390. The van der Waals surface area contributed by atoms with Crippen molar-refractivity contribution in [2.75, 3.05) is 0 Å². The van der Waals surface area contributed by atoms with Gasteiger partial charge in [0.2, 0.25) is 6.08 Å². The highest BCUT2D eigenvalue weighted by atomic mass is 79.9. The molecule has 0 spiro atoms. The molecule has 1 heterocycles. The van der Waals surface area contributed by atoms with Gasteiger partial charge in [0.15, 0.2) is 11.5 Å². The SMILES string of the molecule is N#Cc1nc(N=C=O)ccc1Br. The average Bonchev–Trinajstić information content (AvgIpc) is 2.09. The molecule has 5 heteroatoms. The number of isocyanates is 1. The van der Waals surface area contributed by atoms with Crippen molar-refractivity contribution in [1.29, 1.82) is 5.26 Å². The Morgan fingerprint density at radius 3 is 2.92 bits per heavy atom. The third kappa shape index (κ3) is 1.76. The van der Waals surface area contributed by atoms with Gasteiger partial charge in [-0.15, -0.1) is 4.99 Å². The first-order valence-electron chi connectivity index (χ1n) is 2.92. The lowest BCUT2D eigenvalue weighted by atomic mass is 10.4. The fourth-order valence-electron chi connectivity index (χ4n) is 0.619.